The smallest absolute Gasteiger partial charge is 0.416 e. The fourth-order valence-corrected chi connectivity index (χ4v) is 4.18. The topological polar surface area (TPSA) is 103 Å². The molecule has 3 heterocycles. The summed E-state index contributed by atoms with van der Waals surface area (Å²) in [5.74, 6) is -0.430. The predicted molar refractivity (Wildman–Crippen MR) is 129 cm³/mol. The van der Waals surface area contributed by atoms with Crippen LogP contribution in [0.2, 0.25) is 0 Å². The summed E-state index contributed by atoms with van der Waals surface area (Å²) in [6.45, 7) is 4.18. The second kappa shape index (κ2) is 9.85. The number of fused-ring (bicyclic) bond motifs is 1. The number of ether oxygens (including phenoxy) is 1. The zero-order chi connectivity index (χ0) is 27.0. The lowest BCUT2D eigenvalue weighted by molar-refractivity contribution is -0.137. The Labute approximate surface area is 211 Å². The Morgan fingerprint density at radius 2 is 1.89 bits per heavy atom. The number of H-pyrrole nitrogens is 1. The number of likely N-dealkylation sites (N-methyl/N-ethyl adjacent to an activating group) is 1. The number of nitrogens with one attached hydrogen (secondary N) is 2. The van der Waals surface area contributed by atoms with Gasteiger partial charge in [0.15, 0.2) is 11.9 Å². The number of carbonyl (C=O) groups excluding carboxylic acids is 2. The number of anilines is 1. The van der Waals surface area contributed by atoms with Gasteiger partial charge in [-0.15, -0.1) is 0 Å². The van der Waals surface area contributed by atoms with Gasteiger partial charge in [-0.25, -0.2) is 4.79 Å². The van der Waals surface area contributed by atoms with Crippen molar-refractivity contribution < 1.29 is 27.5 Å². The van der Waals surface area contributed by atoms with Gasteiger partial charge in [0, 0.05) is 23.9 Å². The molecule has 12 heteroatoms. The first-order valence-electron chi connectivity index (χ1n) is 11.5. The van der Waals surface area contributed by atoms with Crippen molar-refractivity contribution in [1.82, 2.24) is 25.0 Å². The summed E-state index contributed by atoms with van der Waals surface area (Å²) in [4.78, 5) is 33.7. The average Bonchev–Trinajstić information content (AvgIpc) is 3.36. The molecule has 196 valence electrons. The first-order chi connectivity index (χ1) is 17.4. The number of carbonyl (C=O) groups is 2. The average molecular weight is 517 g/mol. The standard InChI is InChI=1S/C25H27F3N6O3/c1-24(2)20-17(13-34(24)23(36)37-19(14-33(3)4)18-7-5-6-12-29-18)21(32-31-20)30-22(35)15-8-10-16(11-9-15)25(26,27)28/h5-12,19H,13-14H2,1-4H3,(H2,30,31,32,35). The van der Waals surface area contributed by atoms with Crippen LogP contribution in [0.4, 0.5) is 23.8 Å². The summed E-state index contributed by atoms with van der Waals surface area (Å²) >= 11 is 0. The van der Waals surface area contributed by atoms with Crippen molar-refractivity contribution in [2.75, 3.05) is 26.0 Å². The monoisotopic (exact) mass is 516 g/mol. The van der Waals surface area contributed by atoms with Gasteiger partial charge in [0.05, 0.1) is 29.0 Å². The lowest BCUT2D eigenvalue weighted by Gasteiger charge is -2.32. The largest absolute Gasteiger partial charge is 0.438 e. The molecule has 0 radical (unpaired) electrons. The molecule has 0 spiro atoms. The molecule has 37 heavy (non-hydrogen) atoms. The van der Waals surface area contributed by atoms with E-state index in [0.29, 0.717) is 23.5 Å². The van der Waals surface area contributed by atoms with Gasteiger partial charge in [0.25, 0.3) is 5.91 Å². The highest BCUT2D eigenvalue weighted by molar-refractivity contribution is 6.04. The third-order valence-electron chi connectivity index (χ3n) is 6.19. The lowest BCUT2D eigenvalue weighted by atomic mass is 10.0. The fraction of sp³-hybridized carbons (Fsp3) is 0.360. The quantitative estimate of drug-likeness (QED) is 0.498. The Balaban J connectivity index is 1.50. The van der Waals surface area contributed by atoms with Crippen LogP contribution in [0, 0.1) is 0 Å². The Morgan fingerprint density at radius 3 is 2.49 bits per heavy atom. The molecule has 4 rings (SSSR count). The van der Waals surface area contributed by atoms with E-state index in [4.69, 9.17) is 4.74 Å². The molecule has 1 aromatic carbocycles. The third-order valence-corrected chi connectivity index (χ3v) is 6.19. The van der Waals surface area contributed by atoms with Crippen LogP contribution in [-0.2, 0) is 23.0 Å². The van der Waals surface area contributed by atoms with Gasteiger partial charge in [-0.1, -0.05) is 6.07 Å². The van der Waals surface area contributed by atoms with Crippen molar-refractivity contribution in [2.45, 2.75) is 38.2 Å². The Kier molecular flexibility index (Phi) is 6.96. The van der Waals surface area contributed by atoms with E-state index in [1.54, 1.807) is 18.3 Å². The summed E-state index contributed by atoms with van der Waals surface area (Å²) < 4.78 is 44.3. The number of aromatic nitrogens is 3. The van der Waals surface area contributed by atoms with Crippen LogP contribution in [0.3, 0.4) is 0 Å². The molecule has 0 saturated carbocycles. The number of halogens is 3. The van der Waals surface area contributed by atoms with Gasteiger partial charge in [0.2, 0.25) is 0 Å². The fourth-order valence-electron chi connectivity index (χ4n) is 4.18. The van der Waals surface area contributed by atoms with Crippen LogP contribution in [-0.4, -0.2) is 57.6 Å². The molecule has 1 aliphatic rings. The number of rotatable bonds is 6. The maximum absolute atomic E-state index is 13.3. The molecule has 1 atom stereocenters. The molecule has 2 N–H and O–H groups in total. The minimum atomic E-state index is -4.50. The number of benzene rings is 1. The summed E-state index contributed by atoms with van der Waals surface area (Å²) in [5.41, 5.74) is 0.187. The van der Waals surface area contributed by atoms with E-state index in [-0.39, 0.29) is 17.9 Å². The molecular weight excluding hydrogens is 489 g/mol. The summed E-state index contributed by atoms with van der Waals surface area (Å²) in [6.07, 6.45) is -4.03. The van der Waals surface area contributed by atoms with E-state index < -0.39 is 35.4 Å². The highest BCUT2D eigenvalue weighted by Gasteiger charge is 2.45. The summed E-state index contributed by atoms with van der Waals surface area (Å²) in [6, 6.07) is 9.27. The molecule has 1 aliphatic heterocycles. The molecule has 0 bridgehead atoms. The number of amides is 2. The van der Waals surface area contributed by atoms with E-state index in [1.807, 2.05) is 38.9 Å². The van der Waals surface area contributed by atoms with Crippen molar-refractivity contribution in [2.24, 2.45) is 0 Å². The SMILES string of the molecule is CN(C)CC(OC(=O)N1Cc2c(NC(=O)c3ccc(C(F)(F)F)cc3)n[nH]c2C1(C)C)c1ccccn1. The Hall–Kier alpha value is -3.93. The van der Waals surface area contributed by atoms with Gasteiger partial charge in [-0.3, -0.25) is 19.8 Å². The maximum atomic E-state index is 13.3. The van der Waals surface area contributed by atoms with Gasteiger partial charge >= 0.3 is 12.3 Å². The van der Waals surface area contributed by atoms with E-state index >= 15 is 0 Å². The number of aromatic amines is 1. The van der Waals surface area contributed by atoms with Crippen LogP contribution in [0.5, 0.6) is 0 Å². The maximum Gasteiger partial charge on any atom is 0.416 e. The van der Waals surface area contributed by atoms with Crippen molar-refractivity contribution in [3.63, 3.8) is 0 Å². The highest BCUT2D eigenvalue weighted by atomic mass is 19.4. The molecular formula is C25H27F3N6O3. The first kappa shape index (κ1) is 26.1. The van der Waals surface area contributed by atoms with Crippen molar-refractivity contribution in [3.05, 3.63) is 76.7 Å². The zero-order valence-electron chi connectivity index (χ0n) is 20.8. The van der Waals surface area contributed by atoms with Crippen molar-refractivity contribution in [1.29, 1.82) is 0 Å². The van der Waals surface area contributed by atoms with Gasteiger partial charge in [0.1, 0.15) is 0 Å². The Bertz CT molecular complexity index is 1270. The molecule has 1 unspecified atom stereocenters. The van der Waals surface area contributed by atoms with Gasteiger partial charge in [-0.2, -0.15) is 18.3 Å². The van der Waals surface area contributed by atoms with Crippen LogP contribution < -0.4 is 5.32 Å². The molecule has 2 aromatic heterocycles. The molecule has 3 aromatic rings. The van der Waals surface area contributed by atoms with Crippen molar-refractivity contribution >= 4 is 17.8 Å². The van der Waals surface area contributed by atoms with E-state index in [9.17, 15) is 22.8 Å². The minimum absolute atomic E-state index is 0.0418. The molecule has 2 amide bonds. The molecule has 0 fully saturated rings. The van der Waals surface area contributed by atoms with Crippen LogP contribution in [0.25, 0.3) is 0 Å². The van der Waals surface area contributed by atoms with Crippen LogP contribution in [0.1, 0.15) is 52.8 Å². The number of nitrogens with zero attached hydrogens (tertiary/aromatic N) is 4. The van der Waals surface area contributed by atoms with E-state index in [2.05, 4.69) is 20.5 Å². The highest BCUT2D eigenvalue weighted by Crippen LogP contribution is 2.41. The summed E-state index contributed by atoms with van der Waals surface area (Å²) in [7, 11) is 3.73. The molecule has 0 saturated heterocycles. The number of hydrogen-bond donors (Lipinski definition) is 2. The third kappa shape index (κ3) is 5.43. The zero-order valence-corrected chi connectivity index (χ0v) is 20.8. The second-order valence-electron chi connectivity index (χ2n) is 9.49. The molecule has 0 aliphatic carbocycles. The molecule has 9 nitrogen and oxygen atoms in total. The predicted octanol–water partition coefficient (Wildman–Crippen LogP) is 4.57. The first-order valence-corrected chi connectivity index (χ1v) is 11.5. The number of alkyl halides is 3. The van der Waals surface area contributed by atoms with Crippen LogP contribution >= 0.6 is 0 Å². The van der Waals surface area contributed by atoms with Gasteiger partial charge in [-0.05, 0) is 64.3 Å². The lowest BCUT2D eigenvalue weighted by Crippen LogP contribution is -2.42. The number of hydrogen-bond acceptors (Lipinski definition) is 6. The minimum Gasteiger partial charge on any atom is -0.438 e. The number of pyridine rings is 1. The Morgan fingerprint density at radius 1 is 1.19 bits per heavy atom. The van der Waals surface area contributed by atoms with Crippen molar-refractivity contribution in [3.8, 4) is 0 Å². The summed E-state index contributed by atoms with van der Waals surface area (Å²) in [5, 5.41) is 9.67. The normalized spacial score (nSPS) is 15.4. The van der Waals surface area contributed by atoms with Gasteiger partial charge < -0.3 is 15.0 Å². The van der Waals surface area contributed by atoms with Crippen LogP contribution in [0.15, 0.2) is 48.7 Å². The van der Waals surface area contributed by atoms with E-state index in [0.717, 1.165) is 24.3 Å². The van der Waals surface area contributed by atoms with E-state index in [1.165, 1.54) is 4.90 Å². The second-order valence-corrected chi connectivity index (χ2v) is 9.49.